The molecule has 0 radical (unpaired) electrons. The van der Waals surface area contributed by atoms with Crippen LogP contribution in [-0.2, 0) is 23.1 Å². The Bertz CT molecular complexity index is 1200. The van der Waals surface area contributed by atoms with Crippen molar-refractivity contribution in [1.29, 1.82) is 0 Å². The zero-order chi connectivity index (χ0) is 23.3. The fraction of sp³-hybridized carbons (Fsp3) is 0.240. The van der Waals surface area contributed by atoms with Gasteiger partial charge in [0.1, 0.15) is 5.75 Å². The van der Waals surface area contributed by atoms with Crippen LogP contribution >= 0.6 is 0 Å². The molecule has 0 aliphatic carbocycles. The molecule has 0 aliphatic rings. The fourth-order valence-electron chi connectivity index (χ4n) is 3.33. The van der Waals surface area contributed by atoms with E-state index in [0.717, 1.165) is 28.0 Å². The van der Waals surface area contributed by atoms with Crippen molar-refractivity contribution in [3.8, 4) is 5.75 Å². The summed E-state index contributed by atoms with van der Waals surface area (Å²) in [5.74, 6) is 0.506. The van der Waals surface area contributed by atoms with E-state index in [1.807, 2.05) is 56.3 Å². The Morgan fingerprint density at radius 3 is 2.28 bits per heavy atom. The minimum Gasteiger partial charge on any atom is -0.496 e. The second-order valence-electron chi connectivity index (χ2n) is 7.73. The molecular weight excluding hydrogens is 424 g/mol. The van der Waals surface area contributed by atoms with Crippen molar-refractivity contribution in [3.63, 3.8) is 0 Å². The number of nitrogens with zero attached hydrogens (tertiary/aromatic N) is 1. The molecule has 3 aromatic rings. The standard InChI is InChI=1S/C25H28N2O4S/c1-18-9-14-23(15-19(18)2)27(32(4,29)30)17-20-10-12-21(13-11-20)25(28)26-16-22-7-5-6-8-24(22)31-3/h5-15H,16-17H2,1-4H3,(H,26,28). The van der Waals surface area contributed by atoms with Crippen molar-refractivity contribution in [2.45, 2.75) is 26.9 Å². The molecule has 0 aromatic heterocycles. The zero-order valence-corrected chi connectivity index (χ0v) is 19.6. The molecule has 0 spiro atoms. The van der Waals surface area contributed by atoms with Crippen LogP contribution in [0.25, 0.3) is 0 Å². The third-order valence-corrected chi connectivity index (χ3v) is 6.49. The number of para-hydroxylation sites is 1. The van der Waals surface area contributed by atoms with Gasteiger partial charge in [0, 0.05) is 17.7 Å². The molecule has 0 saturated heterocycles. The van der Waals surface area contributed by atoms with Gasteiger partial charge >= 0.3 is 0 Å². The average molecular weight is 453 g/mol. The highest BCUT2D eigenvalue weighted by Crippen LogP contribution is 2.24. The maximum Gasteiger partial charge on any atom is 0.251 e. The van der Waals surface area contributed by atoms with Gasteiger partial charge in [-0.25, -0.2) is 8.42 Å². The SMILES string of the molecule is COc1ccccc1CNC(=O)c1ccc(CN(c2ccc(C)c(C)c2)S(C)(=O)=O)cc1. The molecule has 1 N–H and O–H groups in total. The molecule has 0 heterocycles. The Hall–Kier alpha value is -3.32. The number of nitrogens with one attached hydrogen (secondary N) is 1. The minimum absolute atomic E-state index is 0.185. The predicted molar refractivity (Wildman–Crippen MR) is 128 cm³/mol. The number of hydrogen-bond donors (Lipinski definition) is 1. The van der Waals surface area contributed by atoms with Gasteiger partial charge in [0.15, 0.2) is 0 Å². The lowest BCUT2D eigenvalue weighted by Crippen LogP contribution is -2.29. The summed E-state index contributed by atoms with van der Waals surface area (Å²) < 4.78 is 31.5. The Kier molecular flexibility index (Phi) is 7.20. The third-order valence-electron chi connectivity index (χ3n) is 5.35. The largest absolute Gasteiger partial charge is 0.496 e. The molecule has 7 heteroatoms. The van der Waals surface area contributed by atoms with E-state index in [1.165, 1.54) is 10.6 Å². The molecular formula is C25H28N2O4S. The number of carbonyl (C=O) groups is 1. The van der Waals surface area contributed by atoms with Crippen LogP contribution in [0.2, 0.25) is 0 Å². The first-order chi connectivity index (χ1) is 15.2. The van der Waals surface area contributed by atoms with Gasteiger partial charge in [0.25, 0.3) is 5.91 Å². The number of aryl methyl sites for hydroxylation is 2. The highest BCUT2D eigenvalue weighted by atomic mass is 32.2. The Labute approximate surface area is 189 Å². The van der Waals surface area contributed by atoms with Crippen molar-refractivity contribution < 1.29 is 17.9 Å². The predicted octanol–water partition coefficient (Wildman–Crippen LogP) is 4.21. The summed E-state index contributed by atoms with van der Waals surface area (Å²) in [5, 5.41) is 2.89. The van der Waals surface area contributed by atoms with Gasteiger partial charge < -0.3 is 10.1 Å². The molecule has 0 bridgehead atoms. The summed E-state index contributed by atoms with van der Waals surface area (Å²) >= 11 is 0. The number of methoxy groups -OCH3 is 1. The summed E-state index contributed by atoms with van der Waals surface area (Å²) in [7, 11) is -1.88. The summed E-state index contributed by atoms with van der Waals surface area (Å²) in [5.41, 5.74) is 4.92. The van der Waals surface area contributed by atoms with Crippen molar-refractivity contribution in [2.24, 2.45) is 0 Å². The topological polar surface area (TPSA) is 75.7 Å². The van der Waals surface area contributed by atoms with E-state index in [1.54, 1.807) is 31.4 Å². The molecule has 3 aromatic carbocycles. The first-order valence-electron chi connectivity index (χ1n) is 10.2. The molecule has 168 valence electrons. The summed E-state index contributed by atoms with van der Waals surface area (Å²) in [4.78, 5) is 12.5. The smallest absolute Gasteiger partial charge is 0.251 e. The molecule has 3 rings (SSSR count). The molecule has 0 aliphatic heterocycles. The number of ether oxygens (including phenoxy) is 1. The molecule has 32 heavy (non-hydrogen) atoms. The van der Waals surface area contributed by atoms with E-state index in [2.05, 4.69) is 5.32 Å². The van der Waals surface area contributed by atoms with Crippen LogP contribution in [0.15, 0.2) is 66.7 Å². The van der Waals surface area contributed by atoms with Crippen molar-refractivity contribution in [2.75, 3.05) is 17.7 Å². The van der Waals surface area contributed by atoms with Gasteiger partial charge in [-0.1, -0.05) is 36.4 Å². The van der Waals surface area contributed by atoms with Crippen LogP contribution in [0.1, 0.15) is 32.6 Å². The first-order valence-corrected chi connectivity index (χ1v) is 12.1. The van der Waals surface area contributed by atoms with Gasteiger partial charge in [0.05, 0.1) is 25.6 Å². The van der Waals surface area contributed by atoms with Gasteiger partial charge in [-0.05, 0) is 60.9 Å². The van der Waals surface area contributed by atoms with Crippen LogP contribution in [0.5, 0.6) is 5.75 Å². The molecule has 0 atom stereocenters. The van der Waals surface area contributed by atoms with E-state index in [9.17, 15) is 13.2 Å². The average Bonchev–Trinajstić information content (AvgIpc) is 2.77. The molecule has 6 nitrogen and oxygen atoms in total. The zero-order valence-electron chi connectivity index (χ0n) is 18.8. The Morgan fingerprint density at radius 1 is 0.969 bits per heavy atom. The van der Waals surface area contributed by atoms with Crippen molar-refractivity contribution in [3.05, 3.63) is 94.5 Å². The summed E-state index contributed by atoms with van der Waals surface area (Å²) in [6, 6.07) is 20.1. The van der Waals surface area contributed by atoms with Crippen LogP contribution in [0.4, 0.5) is 5.69 Å². The first kappa shape index (κ1) is 23.3. The van der Waals surface area contributed by atoms with Gasteiger partial charge in [-0.3, -0.25) is 9.10 Å². The lowest BCUT2D eigenvalue weighted by Gasteiger charge is -2.23. The number of sulfonamides is 1. The Morgan fingerprint density at radius 2 is 1.66 bits per heavy atom. The van der Waals surface area contributed by atoms with Crippen LogP contribution in [-0.4, -0.2) is 27.7 Å². The van der Waals surface area contributed by atoms with Gasteiger partial charge in [-0.2, -0.15) is 0 Å². The lowest BCUT2D eigenvalue weighted by molar-refractivity contribution is 0.0950. The van der Waals surface area contributed by atoms with Crippen molar-refractivity contribution in [1.82, 2.24) is 5.32 Å². The fourth-order valence-corrected chi connectivity index (χ4v) is 4.21. The van der Waals surface area contributed by atoms with E-state index in [0.29, 0.717) is 17.8 Å². The number of rotatable bonds is 8. The Balaban J connectivity index is 1.72. The molecule has 0 unspecified atom stereocenters. The van der Waals surface area contributed by atoms with E-state index >= 15 is 0 Å². The lowest BCUT2D eigenvalue weighted by atomic mass is 10.1. The van der Waals surface area contributed by atoms with Gasteiger partial charge in [0.2, 0.25) is 10.0 Å². The summed E-state index contributed by atoms with van der Waals surface area (Å²) in [6.07, 6.45) is 1.20. The van der Waals surface area contributed by atoms with E-state index in [-0.39, 0.29) is 12.5 Å². The highest BCUT2D eigenvalue weighted by Gasteiger charge is 2.18. The maximum atomic E-state index is 12.5. The maximum absolute atomic E-state index is 12.5. The van der Waals surface area contributed by atoms with Crippen molar-refractivity contribution >= 4 is 21.6 Å². The molecule has 0 saturated carbocycles. The molecule has 1 amide bonds. The molecule has 0 fully saturated rings. The third kappa shape index (κ3) is 5.68. The number of benzene rings is 3. The second kappa shape index (κ2) is 9.87. The highest BCUT2D eigenvalue weighted by molar-refractivity contribution is 7.92. The second-order valence-corrected chi connectivity index (χ2v) is 9.64. The van der Waals surface area contributed by atoms with E-state index in [4.69, 9.17) is 4.74 Å². The van der Waals surface area contributed by atoms with Crippen LogP contribution in [0, 0.1) is 13.8 Å². The van der Waals surface area contributed by atoms with Crippen LogP contribution < -0.4 is 14.4 Å². The minimum atomic E-state index is -3.48. The quantitative estimate of drug-likeness (QED) is 0.556. The number of amides is 1. The number of carbonyl (C=O) groups excluding carboxylic acids is 1. The summed E-state index contributed by atoms with van der Waals surface area (Å²) in [6.45, 7) is 4.48. The number of hydrogen-bond acceptors (Lipinski definition) is 4. The van der Waals surface area contributed by atoms with Crippen LogP contribution in [0.3, 0.4) is 0 Å². The van der Waals surface area contributed by atoms with Gasteiger partial charge in [-0.15, -0.1) is 0 Å². The van der Waals surface area contributed by atoms with E-state index < -0.39 is 10.0 Å². The normalized spacial score (nSPS) is 11.1. The monoisotopic (exact) mass is 452 g/mol. The number of anilines is 1.